The lowest BCUT2D eigenvalue weighted by Crippen LogP contribution is -2.47. The molecule has 3 atom stereocenters. The van der Waals surface area contributed by atoms with Crippen molar-refractivity contribution < 1.29 is 23.0 Å². The molecule has 4 aromatic heterocycles. The fourth-order valence-corrected chi connectivity index (χ4v) is 7.93. The van der Waals surface area contributed by atoms with Gasteiger partial charge in [0.05, 0.1) is 49.3 Å². The van der Waals surface area contributed by atoms with Crippen LogP contribution in [-0.4, -0.2) is 52.9 Å². The number of methoxy groups -OCH3 is 1. The van der Waals surface area contributed by atoms with Crippen molar-refractivity contribution in [2.45, 2.75) is 31.3 Å². The molecule has 1 aromatic carbocycles. The number of nitrogens with two attached hydrogens (primary N) is 2. The number of aryl methyl sites for hydroxylation is 1. The highest BCUT2D eigenvalue weighted by molar-refractivity contribution is 7.23. The van der Waals surface area contributed by atoms with Crippen LogP contribution in [0.25, 0.3) is 32.2 Å². The van der Waals surface area contributed by atoms with Crippen LogP contribution in [0.3, 0.4) is 0 Å². The summed E-state index contributed by atoms with van der Waals surface area (Å²) in [4.78, 5) is 20.5. The minimum absolute atomic E-state index is 0.0506. The van der Waals surface area contributed by atoms with E-state index >= 15 is 4.39 Å². The van der Waals surface area contributed by atoms with Crippen LogP contribution in [0.15, 0.2) is 24.4 Å². The van der Waals surface area contributed by atoms with E-state index in [0.717, 1.165) is 41.7 Å². The van der Waals surface area contributed by atoms with Crippen molar-refractivity contribution in [2.75, 3.05) is 43.3 Å². The summed E-state index contributed by atoms with van der Waals surface area (Å²) in [7, 11) is 1.41. The van der Waals surface area contributed by atoms with Gasteiger partial charge in [-0.05, 0) is 43.0 Å². The first-order valence-corrected chi connectivity index (χ1v) is 15.3. The van der Waals surface area contributed by atoms with E-state index in [4.69, 9.17) is 30.7 Å². The second-order valence-electron chi connectivity index (χ2n) is 11.3. The van der Waals surface area contributed by atoms with E-state index in [0.29, 0.717) is 24.8 Å². The third-order valence-electron chi connectivity index (χ3n) is 8.98. The number of rotatable bonds is 3. The Kier molecular flexibility index (Phi) is 6.36. The maximum atomic E-state index is 16.9. The maximum absolute atomic E-state index is 16.9. The molecule has 5 aromatic rings. The van der Waals surface area contributed by atoms with E-state index in [1.807, 2.05) is 12.1 Å². The number of thiophene rings is 1. The molecule has 0 amide bonds. The zero-order chi connectivity index (χ0) is 31.0. The number of nitrogens with zero attached hydrogens (tertiary/aromatic N) is 6. The third kappa shape index (κ3) is 4.07. The zero-order valence-electron chi connectivity index (χ0n) is 24.0. The first-order valence-electron chi connectivity index (χ1n) is 14.5. The van der Waals surface area contributed by atoms with Gasteiger partial charge in [-0.3, -0.25) is 0 Å². The number of benzene rings is 1. The summed E-state index contributed by atoms with van der Waals surface area (Å²) < 4.78 is 49.7. The van der Waals surface area contributed by atoms with Gasteiger partial charge >= 0.3 is 6.01 Å². The SMILES string of the molecule is COc1nc2c3c(nc(-c4ccc(F)c5sc(N)c(C#N)c45)c(F)c3n1)OCC1COCC1N2C1CCCc2ccnc(N)c21. The highest BCUT2D eigenvalue weighted by Crippen LogP contribution is 2.49. The minimum atomic E-state index is -0.800. The average Bonchev–Trinajstić information content (AvgIpc) is 3.64. The van der Waals surface area contributed by atoms with Crippen molar-refractivity contribution in [3.63, 3.8) is 0 Å². The number of pyridine rings is 2. The Morgan fingerprint density at radius 1 is 1.11 bits per heavy atom. The Bertz CT molecular complexity index is 2080. The second kappa shape index (κ2) is 10.4. The molecular formula is C31H26F2N8O3S. The average molecular weight is 629 g/mol. The second-order valence-corrected chi connectivity index (χ2v) is 12.4. The quantitative estimate of drug-likeness (QED) is 0.279. The molecule has 0 spiro atoms. The van der Waals surface area contributed by atoms with E-state index in [1.165, 1.54) is 19.2 Å². The van der Waals surface area contributed by atoms with Crippen LogP contribution >= 0.6 is 11.3 Å². The van der Waals surface area contributed by atoms with Crippen molar-refractivity contribution >= 4 is 49.0 Å². The molecule has 1 aliphatic carbocycles. The van der Waals surface area contributed by atoms with E-state index in [9.17, 15) is 9.65 Å². The molecule has 45 heavy (non-hydrogen) atoms. The monoisotopic (exact) mass is 628 g/mol. The molecule has 6 heterocycles. The van der Waals surface area contributed by atoms with Crippen LogP contribution in [0.5, 0.6) is 11.9 Å². The Morgan fingerprint density at radius 3 is 2.80 bits per heavy atom. The van der Waals surface area contributed by atoms with Gasteiger partial charge in [0.25, 0.3) is 0 Å². The predicted molar refractivity (Wildman–Crippen MR) is 164 cm³/mol. The number of nitriles is 1. The fourth-order valence-electron chi connectivity index (χ4n) is 6.98. The number of ether oxygens (including phenoxy) is 3. The molecule has 3 aliphatic rings. The van der Waals surface area contributed by atoms with Crippen molar-refractivity contribution in [1.82, 2.24) is 19.9 Å². The molecule has 8 rings (SSSR count). The summed E-state index contributed by atoms with van der Waals surface area (Å²) in [6.07, 6.45) is 4.24. The van der Waals surface area contributed by atoms with E-state index in [2.05, 4.69) is 19.9 Å². The molecule has 1 fully saturated rings. The number of hydrogen-bond acceptors (Lipinski definition) is 12. The van der Waals surface area contributed by atoms with E-state index < -0.39 is 11.6 Å². The molecule has 2 aliphatic heterocycles. The van der Waals surface area contributed by atoms with Crippen LogP contribution in [0.4, 0.5) is 25.4 Å². The smallest absolute Gasteiger partial charge is 0.318 e. The first-order chi connectivity index (χ1) is 21.9. The van der Waals surface area contributed by atoms with Gasteiger partial charge in [-0.2, -0.15) is 15.2 Å². The van der Waals surface area contributed by atoms with Gasteiger partial charge in [-0.25, -0.2) is 18.7 Å². The van der Waals surface area contributed by atoms with Crippen LogP contribution in [0, 0.1) is 28.9 Å². The zero-order valence-corrected chi connectivity index (χ0v) is 24.8. The standard InChI is InChI=1S/C31H26F2N8O3S/c1-42-31-39-25-22-29(40-31)41(18-4-2-3-13-7-8-37-27(35)20(13)18)19-12-43-10-14(19)11-44-30(22)38-24(23(25)33)15-5-6-17(32)26-21(15)16(9-34)28(36)45-26/h5-8,14,18-19H,2-4,10-12,36H2,1H3,(H2,35,37). The normalized spacial score (nSPS) is 20.7. The van der Waals surface area contributed by atoms with Crippen LogP contribution < -0.4 is 25.8 Å². The topological polar surface area (TPSA) is 158 Å². The van der Waals surface area contributed by atoms with Gasteiger partial charge in [0.1, 0.15) is 45.1 Å². The van der Waals surface area contributed by atoms with Gasteiger partial charge in [-0.15, -0.1) is 11.3 Å². The largest absolute Gasteiger partial charge is 0.477 e. The van der Waals surface area contributed by atoms with Gasteiger partial charge in [-0.1, -0.05) is 0 Å². The molecule has 0 radical (unpaired) electrons. The highest BCUT2D eigenvalue weighted by Gasteiger charge is 2.44. The van der Waals surface area contributed by atoms with E-state index in [1.54, 1.807) is 6.20 Å². The van der Waals surface area contributed by atoms with Gasteiger partial charge in [0, 0.05) is 28.6 Å². The predicted octanol–water partition coefficient (Wildman–Crippen LogP) is 4.92. The Labute approximate surface area is 259 Å². The summed E-state index contributed by atoms with van der Waals surface area (Å²) in [6.45, 7) is 1.08. The molecule has 0 saturated carbocycles. The van der Waals surface area contributed by atoms with Crippen LogP contribution in [0.2, 0.25) is 0 Å². The summed E-state index contributed by atoms with van der Waals surface area (Å²) in [6, 6.07) is 6.14. The number of fused-ring (bicyclic) bond motifs is 3. The van der Waals surface area contributed by atoms with Gasteiger partial charge in [0.2, 0.25) is 5.88 Å². The lowest BCUT2D eigenvalue weighted by Gasteiger charge is -2.43. The van der Waals surface area contributed by atoms with Crippen molar-refractivity contribution in [3.8, 4) is 29.2 Å². The fraction of sp³-hybridized carbons (Fsp3) is 0.323. The summed E-state index contributed by atoms with van der Waals surface area (Å²) in [5, 5.41) is 10.4. The molecule has 228 valence electrons. The molecule has 14 heteroatoms. The van der Waals surface area contributed by atoms with Crippen LogP contribution in [0.1, 0.15) is 35.6 Å². The number of nitrogen functional groups attached to an aromatic ring is 2. The minimum Gasteiger partial charge on any atom is -0.477 e. The van der Waals surface area contributed by atoms with Crippen molar-refractivity contribution in [3.05, 3.63) is 52.7 Å². The lowest BCUT2D eigenvalue weighted by molar-refractivity contribution is 0.166. The number of hydrogen-bond donors (Lipinski definition) is 2. The molecule has 3 unspecified atom stereocenters. The first kappa shape index (κ1) is 27.7. The maximum Gasteiger partial charge on any atom is 0.318 e. The summed E-state index contributed by atoms with van der Waals surface area (Å²) >= 11 is 0.923. The van der Waals surface area contributed by atoms with Gasteiger partial charge in [0.15, 0.2) is 5.82 Å². The Morgan fingerprint density at radius 2 is 1.98 bits per heavy atom. The van der Waals surface area contributed by atoms with Crippen molar-refractivity contribution in [2.24, 2.45) is 5.92 Å². The van der Waals surface area contributed by atoms with Gasteiger partial charge < -0.3 is 30.6 Å². The molecule has 4 N–H and O–H groups in total. The number of anilines is 3. The summed E-state index contributed by atoms with van der Waals surface area (Å²) in [5.41, 5.74) is 14.6. The number of aromatic nitrogens is 4. The Balaban J connectivity index is 1.43. The molecule has 1 saturated heterocycles. The van der Waals surface area contributed by atoms with Crippen molar-refractivity contribution in [1.29, 1.82) is 5.26 Å². The molecule has 0 bridgehead atoms. The van der Waals surface area contributed by atoms with Crippen LogP contribution in [-0.2, 0) is 11.2 Å². The summed E-state index contributed by atoms with van der Waals surface area (Å²) in [5.74, 6) is -0.531. The lowest BCUT2D eigenvalue weighted by atomic mass is 9.85. The third-order valence-corrected chi connectivity index (χ3v) is 10.0. The van der Waals surface area contributed by atoms with E-state index in [-0.39, 0.29) is 79.3 Å². The molecular weight excluding hydrogens is 602 g/mol. The number of halogens is 2. The Hall–Kier alpha value is -4.87. The molecule has 11 nitrogen and oxygen atoms in total. The highest BCUT2D eigenvalue weighted by atomic mass is 32.1.